The van der Waals surface area contributed by atoms with Crippen LogP contribution in [0.4, 0.5) is 4.39 Å². The van der Waals surface area contributed by atoms with Crippen LogP contribution >= 0.6 is 0 Å². The molecule has 1 N–H and O–H groups in total. The third-order valence-electron chi connectivity index (χ3n) is 4.35. The minimum Gasteiger partial charge on any atom is -0.458 e. The van der Waals surface area contributed by atoms with Gasteiger partial charge >= 0.3 is 6.01 Å². The summed E-state index contributed by atoms with van der Waals surface area (Å²) in [5, 5.41) is 0.914. The first-order chi connectivity index (χ1) is 12.2. The normalized spacial score (nSPS) is 17.6. The van der Waals surface area contributed by atoms with Crippen molar-refractivity contribution in [2.45, 2.75) is 18.9 Å². The summed E-state index contributed by atoms with van der Waals surface area (Å²) in [4.78, 5) is 25.4. The second kappa shape index (κ2) is 6.51. The van der Waals surface area contributed by atoms with Gasteiger partial charge in [-0.1, -0.05) is 18.2 Å². The molecule has 0 spiro atoms. The van der Waals surface area contributed by atoms with E-state index in [9.17, 15) is 9.18 Å². The molecule has 3 aromatic rings. The van der Waals surface area contributed by atoms with Gasteiger partial charge < -0.3 is 14.6 Å². The van der Waals surface area contributed by atoms with Crippen molar-refractivity contribution in [3.05, 3.63) is 54.2 Å². The quantitative estimate of drug-likeness (QED) is 0.796. The first-order valence-electron chi connectivity index (χ1n) is 8.20. The van der Waals surface area contributed by atoms with Gasteiger partial charge in [0.15, 0.2) is 5.82 Å². The minimum absolute atomic E-state index is 0.0224. The Morgan fingerprint density at radius 1 is 1.28 bits per heavy atom. The molecule has 2 aromatic heterocycles. The van der Waals surface area contributed by atoms with Crippen LogP contribution in [0.3, 0.4) is 0 Å². The van der Waals surface area contributed by atoms with E-state index in [2.05, 4.69) is 15.0 Å². The van der Waals surface area contributed by atoms with Crippen molar-refractivity contribution in [2.75, 3.05) is 13.1 Å². The number of hydrogen-bond acceptors (Lipinski definition) is 4. The van der Waals surface area contributed by atoms with Gasteiger partial charge in [0.25, 0.3) is 5.91 Å². The highest BCUT2D eigenvalue weighted by molar-refractivity contribution is 6.06. The predicted octanol–water partition coefficient (Wildman–Crippen LogP) is 2.78. The number of H-pyrrole nitrogens is 1. The summed E-state index contributed by atoms with van der Waals surface area (Å²) in [7, 11) is 0. The van der Waals surface area contributed by atoms with E-state index in [1.165, 1.54) is 0 Å². The molecule has 1 amide bonds. The number of fused-ring (bicyclic) bond motifs is 1. The van der Waals surface area contributed by atoms with Crippen LogP contribution < -0.4 is 4.74 Å². The molecule has 4 rings (SSSR count). The summed E-state index contributed by atoms with van der Waals surface area (Å²) in [6, 6.07) is 7.86. The smallest absolute Gasteiger partial charge is 0.316 e. The SMILES string of the molecule is O=C(c1c[nH]c2ccccc12)N1CCCC(Oc2ncc(F)cn2)C1. The molecule has 0 radical (unpaired) electrons. The number of carbonyl (C=O) groups is 1. The van der Waals surface area contributed by atoms with Crippen LogP contribution in [-0.2, 0) is 0 Å². The Labute approximate surface area is 143 Å². The topological polar surface area (TPSA) is 71.1 Å². The number of aromatic amines is 1. The zero-order valence-electron chi connectivity index (χ0n) is 13.5. The maximum absolute atomic E-state index is 12.9. The Morgan fingerprint density at radius 2 is 2.08 bits per heavy atom. The minimum atomic E-state index is -0.507. The highest BCUT2D eigenvalue weighted by Gasteiger charge is 2.27. The van der Waals surface area contributed by atoms with Crippen molar-refractivity contribution in [3.63, 3.8) is 0 Å². The van der Waals surface area contributed by atoms with Gasteiger partial charge in [0.05, 0.1) is 24.5 Å². The van der Waals surface area contributed by atoms with Crippen molar-refractivity contribution in [1.82, 2.24) is 19.9 Å². The zero-order valence-corrected chi connectivity index (χ0v) is 13.5. The summed E-state index contributed by atoms with van der Waals surface area (Å²) in [5.74, 6) is -0.530. The van der Waals surface area contributed by atoms with Gasteiger partial charge in [0, 0.05) is 23.6 Å². The maximum Gasteiger partial charge on any atom is 0.316 e. The van der Waals surface area contributed by atoms with E-state index in [0.29, 0.717) is 18.7 Å². The second-order valence-corrected chi connectivity index (χ2v) is 6.07. The molecular formula is C18H17FN4O2. The van der Waals surface area contributed by atoms with Gasteiger partial charge in [0.1, 0.15) is 6.10 Å². The molecule has 1 fully saturated rings. The lowest BCUT2D eigenvalue weighted by Gasteiger charge is -2.32. The number of benzene rings is 1. The Kier molecular flexibility index (Phi) is 4.05. The Bertz CT molecular complexity index is 893. The van der Waals surface area contributed by atoms with E-state index in [1.54, 1.807) is 11.1 Å². The van der Waals surface area contributed by atoms with Gasteiger partial charge in [-0.2, -0.15) is 0 Å². The van der Waals surface area contributed by atoms with Crippen LogP contribution in [0.25, 0.3) is 10.9 Å². The molecule has 0 saturated carbocycles. The van der Waals surface area contributed by atoms with Crippen molar-refractivity contribution >= 4 is 16.8 Å². The van der Waals surface area contributed by atoms with Crippen molar-refractivity contribution in [1.29, 1.82) is 0 Å². The van der Waals surface area contributed by atoms with Gasteiger partial charge in [-0.25, -0.2) is 14.4 Å². The number of nitrogens with one attached hydrogen (secondary N) is 1. The van der Waals surface area contributed by atoms with Crippen LogP contribution in [0.15, 0.2) is 42.9 Å². The van der Waals surface area contributed by atoms with Crippen LogP contribution in [0.2, 0.25) is 0 Å². The van der Waals surface area contributed by atoms with Crippen LogP contribution in [0, 0.1) is 5.82 Å². The number of nitrogens with zero attached hydrogens (tertiary/aromatic N) is 3. The van der Waals surface area contributed by atoms with Crippen molar-refractivity contribution in [2.24, 2.45) is 0 Å². The van der Waals surface area contributed by atoms with E-state index in [1.807, 2.05) is 24.3 Å². The maximum atomic E-state index is 12.9. The molecule has 1 aliphatic rings. The van der Waals surface area contributed by atoms with Gasteiger partial charge in [-0.05, 0) is 18.9 Å². The fourth-order valence-corrected chi connectivity index (χ4v) is 3.15. The molecule has 0 aliphatic carbocycles. The summed E-state index contributed by atoms with van der Waals surface area (Å²) < 4.78 is 18.6. The molecule has 0 bridgehead atoms. The predicted molar refractivity (Wildman–Crippen MR) is 89.8 cm³/mol. The Hall–Kier alpha value is -2.96. The molecule has 1 saturated heterocycles. The highest BCUT2D eigenvalue weighted by Crippen LogP contribution is 2.22. The number of carbonyl (C=O) groups excluding carboxylic acids is 1. The number of hydrogen-bond donors (Lipinski definition) is 1. The third kappa shape index (κ3) is 3.17. The highest BCUT2D eigenvalue weighted by atomic mass is 19.1. The molecule has 7 heteroatoms. The van der Waals surface area contributed by atoms with E-state index < -0.39 is 5.82 Å². The molecule has 1 aliphatic heterocycles. The fraction of sp³-hybridized carbons (Fsp3) is 0.278. The Balaban J connectivity index is 1.49. The summed E-state index contributed by atoms with van der Waals surface area (Å²) in [5.41, 5.74) is 1.60. The summed E-state index contributed by atoms with van der Waals surface area (Å²) in [6.45, 7) is 1.14. The van der Waals surface area contributed by atoms with E-state index >= 15 is 0 Å². The number of likely N-dealkylation sites (tertiary alicyclic amines) is 1. The average molecular weight is 340 g/mol. The van der Waals surface area contributed by atoms with Crippen molar-refractivity contribution in [3.8, 4) is 6.01 Å². The molecule has 1 atom stereocenters. The summed E-state index contributed by atoms with van der Waals surface area (Å²) in [6.07, 6.45) is 5.33. The number of halogens is 1. The number of piperidine rings is 1. The third-order valence-corrected chi connectivity index (χ3v) is 4.35. The zero-order chi connectivity index (χ0) is 17.2. The lowest BCUT2D eigenvalue weighted by atomic mass is 10.1. The molecule has 1 aromatic carbocycles. The van der Waals surface area contributed by atoms with E-state index in [0.717, 1.165) is 36.1 Å². The molecular weight excluding hydrogens is 323 g/mol. The number of rotatable bonds is 3. The largest absolute Gasteiger partial charge is 0.458 e. The molecule has 3 heterocycles. The van der Waals surface area contributed by atoms with Gasteiger partial charge in [0.2, 0.25) is 0 Å². The fourth-order valence-electron chi connectivity index (χ4n) is 3.15. The lowest BCUT2D eigenvalue weighted by Crippen LogP contribution is -2.44. The van der Waals surface area contributed by atoms with Crippen LogP contribution in [0.1, 0.15) is 23.2 Å². The molecule has 1 unspecified atom stereocenters. The number of amides is 1. The number of aromatic nitrogens is 3. The Morgan fingerprint density at radius 3 is 2.92 bits per heavy atom. The first-order valence-corrected chi connectivity index (χ1v) is 8.20. The second-order valence-electron chi connectivity index (χ2n) is 6.07. The van der Waals surface area contributed by atoms with Gasteiger partial charge in [-0.3, -0.25) is 4.79 Å². The van der Waals surface area contributed by atoms with E-state index in [-0.39, 0.29) is 18.0 Å². The molecule has 25 heavy (non-hydrogen) atoms. The lowest BCUT2D eigenvalue weighted by molar-refractivity contribution is 0.0517. The molecule has 6 nitrogen and oxygen atoms in total. The summed E-state index contributed by atoms with van der Waals surface area (Å²) >= 11 is 0. The van der Waals surface area contributed by atoms with Crippen LogP contribution in [-0.4, -0.2) is 45.0 Å². The van der Waals surface area contributed by atoms with E-state index in [4.69, 9.17) is 4.74 Å². The van der Waals surface area contributed by atoms with Gasteiger partial charge in [-0.15, -0.1) is 0 Å². The first kappa shape index (κ1) is 15.6. The van der Waals surface area contributed by atoms with Crippen LogP contribution in [0.5, 0.6) is 6.01 Å². The monoisotopic (exact) mass is 340 g/mol. The molecule has 128 valence electrons. The number of para-hydroxylation sites is 1. The standard InChI is InChI=1S/C18H17FN4O2/c19-12-8-21-18(22-9-12)25-13-4-3-7-23(11-13)17(24)15-10-20-16-6-2-1-5-14(15)16/h1-2,5-6,8-10,13,20H,3-4,7,11H2. The average Bonchev–Trinajstić information content (AvgIpc) is 3.07. The number of ether oxygens (including phenoxy) is 1. The van der Waals surface area contributed by atoms with Crippen molar-refractivity contribution < 1.29 is 13.9 Å².